The van der Waals surface area contributed by atoms with Crippen molar-refractivity contribution in [1.82, 2.24) is 0 Å². The number of nitrogens with two attached hydrogens (primary N) is 1. The average molecular weight is 262 g/mol. The van der Waals surface area contributed by atoms with Crippen LogP contribution in [0.1, 0.15) is 11.1 Å². The maximum Gasteiger partial charge on any atom is 0.146 e. The fourth-order valence-electron chi connectivity index (χ4n) is 1.98. The summed E-state index contributed by atoms with van der Waals surface area (Å²) >= 11 is 0. The van der Waals surface area contributed by atoms with Gasteiger partial charge in [0.15, 0.2) is 0 Å². The number of hydrogen-bond donors (Lipinski definition) is 1. The monoisotopic (exact) mass is 262 g/mol. The minimum Gasteiger partial charge on any atom is -0.368 e. The van der Waals surface area contributed by atoms with Crippen molar-refractivity contribution in [3.8, 4) is 0 Å². The predicted molar refractivity (Wildman–Crippen MR) is 72.8 cm³/mol. The van der Waals surface area contributed by atoms with Crippen LogP contribution in [0.3, 0.4) is 0 Å². The lowest BCUT2D eigenvalue weighted by molar-refractivity contribution is 0.600. The third-order valence-electron chi connectivity index (χ3n) is 3.02. The second-order valence-electron chi connectivity index (χ2n) is 4.44. The van der Waals surface area contributed by atoms with Crippen LogP contribution in [0.4, 0.5) is 14.5 Å². The summed E-state index contributed by atoms with van der Waals surface area (Å²) in [6.07, 6.45) is 0. The van der Waals surface area contributed by atoms with E-state index in [0.717, 1.165) is 5.56 Å². The number of rotatable bonds is 4. The van der Waals surface area contributed by atoms with E-state index in [2.05, 4.69) is 0 Å². The van der Waals surface area contributed by atoms with Crippen LogP contribution in [0, 0.1) is 11.6 Å². The molecule has 19 heavy (non-hydrogen) atoms. The molecule has 0 spiro atoms. The molecule has 100 valence electrons. The molecule has 2 aromatic carbocycles. The maximum atomic E-state index is 13.7. The maximum absolute atomic E-state index is 13.7. The summed E-state index contributed by atoms with van der Waals surface area (Å²) in [5.41, 5.74) is 7.35. The SMILES string of the molecule is CN(Cc1cc(CN)ccc1F)c1ccccc1F. The Morgan fingerprint density at radius 1 is 1.05 bits per heavy atom. The molecule has 2 N–H and O–H groups in total. The number of halogens is 2. The van der Waals surface area contributed by atoms with Gasteiger partial charge in [0.1, 0.15) is 11.6 Å². The van der Waals surface area contributed by atoms with Gasteiger partial charge in [-0.1, -0.05) is 18.2 Å². The van der Waals surface area contributed by atoms with E-state index in [4.69, 9.17) is 5.73 Å². The number of para-hydroxylation sites is 1. The molecule has 0 aliphatic rings. The van der Waals surface area contributed by atoms with Gasteiger partial charge in [-0.25, -0.2) is 8.78 Å². The highest BCUT2D eigenvalue weighted by atomic mass is 19.1. The Kier molecular flexibility index (Phi) is 4.12. The van der Waals surface area contributed by atoms with E-state index in [9.17, 15) is 8.78 Å². The summed E-state index contributed by atoms with van der Waals surface area (Å²) < 4.78 is 27.4. The van der Waals surface area contributed by atoms with Gasteiger partial charge >= 0.3 is 0 Å². The minimum absolute atomic E-state index is 0.292. The molecule has 0 atom stereocenters. The molecule has 2 aromatic rings. The highest BCUT2D eigenvalue weighted by Gasteiger charge is 2.10. The Hall–Kier alpha value is -1.94. The fraction of sp³-hybridized carbons (Fsp3) is 0.200. The number of anilines is 1. The standard InChI is InChI=1S/C15H16F2N2/c1-19(15-5-3-2-4-14(15)17)10-12-8-11(9-18)6-7-13(12)16/h2-8H,9-10,18H2,1H3. The second-order valence-corrected chi connectivity index (χ2v) is 4.44. The molecule has 0 unspecified atom stereocenters. The Morgan fingerprint density at radius 2 is 1.79 bits per heavy atom. The van der Waals surface area contributed by atoms with Gasteiger partial charge in [0.25, 0.3) is 0 Å². The van der Waals surface area contributed by atoms with Crippen LogP contribution in [0.15, 0.2) is 42.5 Å². The van der Waals surface area contributed by atoms with Gasteiger partial charge in [0, 0.05) is 25.7 Å². The molecular formula is C15H16F2N2. The molecule has 0 saturated heterocycles. The van der Waals surface area contributed by atoms with Gasteiger partial charge in [-0.15, -0.1) is 0 Å². The zero-order chi connectivity index (χ0) is 13.8. The van der Waals surface area contributed by atoms with Gasteiger partial charge in [0.2, 0.25) is 0 Å². The lowest BCUT2D eigenvalue weighted by Crippen LogP contribution is -2.18. The third-order valence-corrected chi connectivity index (χ3v) is 3.02. The van der Waals surface area contributed by atoms with Crippen molar-refractivity contribution in [3.63, 3.8) is 0 Å². The molecule has 0 radical (unpaired) electrons. The van der Waals surface area contributed by atoms with Crippen molar-refractivity contribution in [1.29, 1.82) is 0 Å². The highest BCUT2D eigenvalue weighted by Crippen LogP contribution is 2.20. The van der Waals surface area contributed by atoms with Gasteiger partial charge in [-0.2, -0.15) is 0 Å². The first-order valence-corrected chi connectivity index (χ1v) is 6.05. The molecule has 0 aliphatic carbocycles. The molecule has 0 heterocycles. The van der Waals surface area contributed by atoms with E-state index in [1.807, 2.05) is 0 Å². The summed E-state index contributed by atoms with van der Waals surface area (Å²) in [6, 6.07) is 11.2. The molecule has 0 amide bonds. The van der Waals surface area contributed by atoms with Crippen molar-refractivity contribution in [2.24, 2.45) is 5.73 Å². The molecule has 0 aliphatic heterocycles. The predicted octanol–water partition coefficient (Wildman–Crippen LogP) is 3.06. The van der Waals surface area contributed by atoms with E-state index in [-0.39, 0.29) is 11.6 Å². The van der Waals surface area contributed by atoms with Crippen molar-refractivity contribution in [2.45, 2.75) is 13.1 Å². The van der Waals surface area contributed by atoms with Crippen molar-refractivity contribution in [3.05, 3.63) is 65.2 Å². The Morgan fingerprint density at radius 3 is 2.47 bits per heavy atom. The molecule has 0 bridgehead atoms. The van der Waals surface area contributed by atoms with Gasteiger partial charge in [-0.3, -0.25) is 0 Å². The summed E-state index contributed by atoms with van der Waals surface area (Å²) in [5.74, 6) is -0.624. The second kappa shape index (κ2) is 5.80. The van der Waals surface area contributed by atoms with Crippen LogP contribution in [-0.4, -0.2) is 7.05 Å². The summed E-state index contributed by atoms with van der Waals surface area (Å²) in [4.78, 5) is 1.67. The molecule has 0 aromatic heterocycles. The Labute approximate surface area is 111 Å². The fourth-order valence-corrected chi connectivity index (χ4v) is 1.98. The van der Waals surface area contributed by atoms with E-state index >= 15 is 0 Å². The van der Waals surface area contributed by atoms with E-state index in [1.165, 1.54) is 12.1 Å². The smallest absolute Gasteiger partial charge is 0.146 e. The van der Waals surface area contributed by atoms with Crippen LogP contribution in [0.2, 0.25) is 0 Å². The third kappa shape index (κ3) is 3.09. The van der Waals surface area contributed by atoms with Gasteiger partial charge < -0.3 is 10.6 Å². The van der Waals surface area contributed by atoms with Crippen LogP contribution in [-0.2, 0) is 13.1 Å². The van der Waals surface area contributed by atoms with Crippen molar-refractivity contribution in [2.75, 3.05) is 11.9 Å². The van der Waals surface area contributed by atoms with E-state index in [1.54, 1.807) is 42.3 Å². The van der Waals surface area contributed by atoms with Gasteiger partial charge in [0.05, 0.1) is 5.69 Å². The average Bonchev–Trinajstić information content (AvgIpc) is 2.41. The lowest BCUT2D eigenvalue weighted by Gasteiger charge is -2.20. The summed E-state index contributed by atoms with van der Waals surface area (Å²) in [6.45, 7) is 0.650. The minimum atomic E-state index is -0.319. The summed E-state index contributed by atoms with van der Waals surface area (Å²) in [5, 5.41) is 0. The number of benzene rings is 2. The summed E-state index contributed by atoms with van der Waals surface area (Å²) in [7, 11) is 1.73. The number of hydrogen-bond acceptors (Lipinski definition) is 2. The largest absolute Gasteiger partial charge is 0.368 e. The molecule has 4 heteroatoms. The molecule has 2 rings (SSSR count). The first kappa shape index (κ1) is 13.5. The molecular weight excluding hydrogens is 246 g/mol. The Balaban J connectivity index is 2.24. The van der Waals surface area contributed by atoms with E-state index < -0.39 is 0 Å². The molecule has 0 saturated carbocycles. The van der Waals surface area contributed by atoms with Gasteiger partial charge in [-0.05, 0) is 29.8 Å². The number of nitrogens with zero attached hydrogens (tertiary/aromatic N) is 1. The van der Waals surface area contributed by atoms with Crippen LogP contribution < -0.4 is 10.6 Å². The van der Waals surface area contributed by atoms with Crippen molar-refractivity contribution >= 4 is 5.69 Å². The molecule has 2 nitrogen and oxygen atoms in total. The van der Waals surface area contributed by atoms with Crippen molar-refractivity contribution < 1.29 is 8.78 Å². The molecule has 0 fully saturated rings. The first-order valence-electron chi connectivity index (χ1n) is 6.05. The Bertz CT molecular complexity index is 570. The lowest BCUT2D eigenvalue weighted by atomic mass is 10.1. The highest BCUT2D eigenvalue weighted by molar-refractivity contribution is 5.47. The topological polar surface area (TPSA) is 29.3 Å². The van der Waals surface area contributed by atoms with E-state index in [0.29, 0.717) is 24.3 Å². The normalized spacial score (nSPS) is 10.5. The van der Waals surface area contributed by atoms with Crippen LogP contribution in [0.25, 0.3) is 0 Å². The van der Waals surface area contributed by atoms with Crippen LogP contribution >= 0.6 is 0 Å². The quantitative estimate of drug-likeness (QED) is 0.917. The van der Waals surface area contributed by atoms with Crippen LogP contribution in [0.5, 0.6) is 0 Å². The zero-order valence-corrected chi connectivity index (χ0v) is 10.7. The first-order chi connectivity index (χ1) is 9.11. The zero-order valence-electron chi connectivity index (χ0n) is 10.7.